The summed E-state index contributed by atoms with van der Waals surface area (Å²) < 4.78 is 9.99. The summed E-state index contributed by atoms with van der Waals surface area (Å²) in [5, 5.41) is 12.6. The maximum Gasteiger partial charge on any atom is 0.410 e. The third kappa shape index (κ3) is 5.95. The largest absolute Gasteiger partial charge is 0.468 e. The van der Waals surface area contributed by atoms with E-state index >= 15 is 0 Å². The van der Waals surface area contributed by atoms with Crippen molar-refractivity contribution < 1.29 is 29.0 Å². The van der Waals surface area contributed by atoms with Gasteiger partial charge in [-0.15, -0.1) is 0 Å². The Morgan fingerprint density at radius 2 is 2.04 bits per heavy atom. The van der Waals surface area contributed by atoms with Crippen molar-refractivity contribution in [3.8, 4) is 0 Å². The average molecular weight is 382 g/mol. The summed E-state index contributed by atoms with van der Waals surface area (Å²) in [6.45, 7) is 5.87. The van der Waals surface area contributed by atoms with Crippen LogP contribution < -0.4 is 5.32 Å². The van der Waals surface area contributed by atoms with Crippen LogP contribution in [0.4, 0.5) is 4.79 Å². The first-order valence-electron chi connectivity index (χ1n) is 9.33. The highest BCUT2D eigenvalue weighted by molar-refractivity contribution is 5.86. The number of aliphatic hydroxyl groups excluding tert-OH is 1. The number of methoxy groups -OCH3 is 1. The number of hydrogen-bond donors (Lipinski definition) is 2. The molecule has 27 heavy (non-hydrogen) atoms. The number of carbonyl (C=O) groups excluding carboxylic acids is 3. The molecule has 8 heteroatoms. The minimum Gasteiger partial charge on any atom is -0.468 e. The first kappa shape index (κ1) is 21.2. The molecule has 1 aliphatic heterocycles. The van der Waals surface area contributed by atoms with E-state index in [0.717, 1.165) is 18.4 Å². The summed E-state index contributed by atoms with van der Waals surface area (Å²) in [6.07, 6.45) is 3.27. The fourth-order valence-electron chi connectivity index (χ4n) is 3.50. The van der Waals surface area contributed by atoms with Crippen molar-refractivity contribution in [3.63, 3.8) is 0 Å². The van der Waals surface area contributed by atoms with Crippen molar-refractivity contribution >= 4 is 18.0 Å². The molecule has 2 aliphatic rings. The van der Waals surface area contributed by atoms with Crippen molar-refractivity contribution in [3.05, 3.63) is 11.6 Å². The van der Waals surface area contributed by atoms with Gasteiger partial charge in [0.1, 0.15) is 12.1 Å². The first-order chi connectivity index (χ1) is 12.6. The zero-order valence-corrected chi connectivity index (χ0v) is 16.5. The Hall–Kier alpha value is -2.09. The summed E-state index contributed by atoms with van der Waals surface area (Å²) in [5.74, 6) is -1.35. The highest BCUT2D eigenvalue weighted by Gasteiger charge is 2.36. The zero-order chi connectivity index (χ0) is 20.2. The van der Waals surface area contributed by atoms with E-state index in [9.17, 15) is 19.5 Å². The Morgan fingerprint density at radius 3 is 2.67 bits per heavy atom. The van der Waals surface area contributed by atoms with Crippen LogP contribution in [0.5, 0.6) is 0 Å². The number of nitrogens with zero attached hydrogens (tertiary/aromatic N) is 1. The van der Waals surface area contributed by atoms with Crippen LogP contribution in [-0.2, 0) is 19.1 Å². The van der Waals surface area contributed by atoms with E-state index in [4.69, 9.17) is 4.74 Å². The average Bonchev–Trinajstić information content (AvgIpc) is 3.17. The molecule has 2 rings (SSSR count). The lowest BCUT2D eigenvalue weighted by atomic mass is 9.98. The van der Waals surface area contributed by atoms with E-state index in [0.29, 0.717) is 19.4 Å². The van der Waals surface area contributed by atoms with Crippen LogP contribution in [0.15, 0.2) is 11.6 Å². The second-order valence-corrected chi connectivity index (χ2v) is 8.07. The lowest BCUT2D eigenvalue weighted by Crippen LogP contribution is -2.39. The number of amides is 2. The molecule has 0 radical (unpaired) electrons. The van der Waals surface area contributed by atoms with Gasteiger partial charge in [0, 0.05) is 6.54 Å². The predicted molar refractivity (Wildman–Crippen MR) is 97.8 cm³/mol. The Labute approximate surface area is 159 Å². The molecule has 8 nitrogen and oxygen atoms in total. The third-order valence-electron chi connectivity index (χ3n) is 4.71. The summed E-state index contributed by atoms with van der Waals surface area (Å²) >= 11 is 0. The van der Waals surface area contributed by atoms with Crippen molar-refractivity contribution in [1.29, 1.82) is 0 Å². The van der Waals surface area contributed by atoms with E-state index in [1.807, 2.05) is 26.8 Å². The lowest BCUT2D eigenvalue weighted by Gasteiger charge is -2.28. The van der Waals surface area contributed by atoms with Gasteiger partial charge in [-0.1, -0.05) is 11.6 Å². The monoisotopic (exact) mass is 382 g/mol. The van der Waals surface area contributed by atoms with Crippen LogP contribution in [0.1, 0.15) is 46.5 Å². The standard InChI is InChI=1S/C19H30N2O6/c1-19(2,3)27-18(25)21-7-5-6-13(21)8-12-9-14(22)10-15(12)17(24)20-11-16(23)26-4/h8,13-15,22H,5-7,9-11H2,1-4H3,(H,20,24)/b12-8+/t13-,14-,15+/m0/s1. The molecule has 2 amide bonds. The molecule has 3 atom stereocenters. The summed E-state index contributed by atoms with van der Waals surface area (Å²) in [4.78, 5) is 37.8. The van der Waals surface area contributed by atoms with Crippen molar-refractivity contribution in [2.75, 3.05) is 20.2 Å². The van der Waals surface area contributed by atoms with Crippen molar-refractivity contribution in [1.82, 2.24) is 10.2 Å². The molecule has 2 fully saturated rings. The molecular weight excluding hydrogens is 352 g/mol. The number of hydrogen-bond acceptors (Lipinski definition) is 6. The maximum atomic E-state index is 12.4. The van der Waals surface area contributed by atoms with Crippen LogP contribution in [-0.4, -0.2) is 65.9 Å². The van der Waals surface area contributed by atoms with E-state index < -0.39 is 23.6 Å². The minimum atomic E-state index is -0.610. The van der Waals surface area contributed by atoms with E-state index in [1.54, 1.807) is 4.90 Å². The fraction of sp³-hybridized carbons (Fsp3) is 0.737. The van der Waals surface area contributed by atoms with Gasteiger partial charge in [0.2, 0.25) is 5.91 Å². The number of esters is 1. The molecule has 1 saturated carbocycles. The number of rotatable bonds is 4. The normalized spacial score (nSPS) is 26.9. The van der Waals surface area contributed by atoms with Crippen LogP contribution in [0.2, 0.25) is 0 Å². The minimum absolute atomic E-state index is 0.156. The van der Waals surface area contributed by atoms with Crippen LogP contribution >= 0.6 is 0 Å². The molecule has 0 aromatic heterocycles. The number of aliphatic hydroxyl groups is 1. The highest BCUT2D eigenvalue weighted by atomic mass is 16.6. The van der Waals surface area contributed by atoms with Gasteiger partial charge in [0.05, 0.1) is 25.2 Å². The Morgan fingerprint density at radius 1 is 1.33 bits per heavy atom. The van der Waals surface area contributed by atoms with E-state index in [-0.39, 0.29) is 24.6 Å². The molecule has 0 unspecified atom stereocenters. The first-order valence-corrected chi connectivity index (χ1v) is 9.33. The van der Waals surface area contributed by atoms with Gasteiger partial charge in [0.15, 0.2) is 0 Å². The fourth-order valence-corrected chi connectivity index (χ4v) is 3.50. The number of ether oxygens (including phenoxy) is 2. The molecular formula is C19H30N2O6. The molecule has 1 aliphatic carbocycles. The molecule has 0 bridgehead atoms. The molecule has 1 heterocycles. The van der Waals surface area contributed by atoms with Gasteiger partial charge in [-0.3, -0.25) is 9.59 Å². The predicted octanol–water partition coefficient (Wildman–Crippen LogP) is 1.37. The van der Waals surface area contributed by atoms with Gasteiger partial charge in [0.25, 0.3) is 0 Å². The number of carbonyl (C=O) groups is 3. The summed E-state index contributed by atoms with van der Waals surface area (Å²) in [5.41, 5.74) is 0.224. The van der Waals surface area contributed by atoms with Gasteiger partial charge in [-0.05, 0) is 46.5 Å². The highest BCUT2D eigenvalue weighted by Crippen LogP contribution is 2.34. The Kier molecular flexibility index (Phi) is 6.86. The Balaban J connectivity index is 2.08. The van der Waals surface area contributed by atoms with Gasteiger partial charge >= 0.3 is 12.1 Å². The summed E-state index contributed by atoms with van der Waals surface area (Å²) in [7, 11) is 1.25. The Bertz CT molecular complexity index is 610. The molecule has 0 spiro atoms. The smallest absolute Gasteiger partial charge is 0.410 e. The molecule has 152 valence electrons. The third-order valence-corrected chi connectivity index (χ3v) is 4.71. The topological polar surface area (TPSA) is 105 Å². The quantitative estimate of drug-likeness (QED) is 0.562. The van der Waals surface area contributed by atoms with Crippen LogP contribution in [0.3, 0.4) is 0 Å². The lowest BCUT2D eigenvalue weighted by molar-refractivity contribution is -0.141. The number of nitrogens with one attached hydrogen (secondary N) is 1. The van der Waals surface area contributed by atoms with E-state index in [1.165, 1.54) is 7.11 Å². The molecule has 0 aromatic rings. The second kappa shape index (κ2) is 8.73. The van der Waals surface area contributed by atoms with Crippen molar-refractivity contribution in [2.24, 2.45) is 5.92 Å². The molecule has 1 saturated heterocycles. The van der Waals surface area contributed by atoms with Gasteiger partial charge < -0.3 is 24.8 Å². The van der Waals surface area contributed by atoms with Gasteiger partial charge in [-0.2, -0.15) is 0 Å². The zero-order valence-electron chi connectivity index (χ0n) is 16.5. The van der Waals surface area contributed by atoms with Crippen molar-refractivity contribution in [2.45, 2.75) is 64.2 Å². The molecule has 0 aromatic carbocycles. The van der Waals surface area contributed by atoms with Gasteiger partial charge in [-0.25, -0.2) is 4.79 Å². The van der Waals surface area contributed by atoms with Crippen LogP contribution in [0, 0.1) is 5.92 Å². The number of likely N-dealkylation sites (tertiary alicyclic amines) is 1. The summed E-state index contributed by atoms with van der Waals surface area (Å²) in [6, 6.07) is -0.156. The van der Waals surface area contributed by atoms with E-state index in [2.05, 4.69) is 10.1 Å². The van der Waals surface area contributed by atoms with Crippen LogP contribution in [0.25, 0.3) is 0 Å². The maximum absolute atomic E-state index is 12.4. The SMILES string of the molecule is COC(=O)CNC(=O)[C@@H]1C[C@@H](O)C/C1=C\[C@@H]1CCCN1C(=O)OC(C)(C)C. The molecule has 2 N–H and O–H groups in total. The second-order valence-electron chi connectivity index (χ2n) is 8.07.